The summed E-state index contributed by atoms with van der Waals surface area (Å²) >= 11 is 1.85. The van der Waals surface area contributed by atoms with Crippen LogP contribution in [-0.2, 0) is 5.41 Å². The fourth-order valence-electron chi connectivity index (χ4n) is 8.89. The van der Waals surface area contributed by atoms with Crippen LogP contribution in [0.5, 0.6) is 0 Å². The second kappa shape index (κ2) is 18.2. The van der Waals surface area contributed by atoms with E-state index in [1.807, 2.05) is 54.2 Å². The molecule has 0 amide bonds. The van der Waals surface area contributed by atoms with E-state index in [4.69, 9.17) is 15.0 Å². The van der Waals surface area contributed by atoms with Gasteiger partial charge in [0.2, 0.25) is 0 Å². The zero-order valence-electron chi connectivity index (χ0n) is 34.3. The second-order valence-electron chi connectivity index (χ2n) is 15.4. The summed E-state index contributed by atoms with van der Waals surface area (Å²) < 4.78 is 0. The Kier molecular flexibility index (Phi) is 11.8. The number of hydrogen-bond acceptors (Lipinski definition) is 7. The minimum atomic E-state index is -0.535. The zero-order valence-corrected chi connectivity index (χ0v) is 35.2. The molecule has 9 rings (SSSR count). The lowest BCUT2D eigenvalue weighted by Gasteiger charge is -2.41. The highest BCUT2D eigenvalue weighted by atomic mass is 32.2. The lowest BCUT2D eigenvalue weighted by atomic mass is 9.65. The molecule has 1 spiro atoms. The number of rotatable bonds is 10. The first-order chi connectivity index (χ1) is 30.6. The maximum atomic E-state index is 5.31. The lowest BCUT2D eigenvalue weighted by Crippen LogP contribution is -2.41. The van der Waals surface area contributed by atoms with Crippen LogP contribution in [0.3, 0.4) is 0 Å². The number of nitrogens with one attached hydrogen (secondary N) is 1. The Morgan fingerprint density at radius 2 is 1.52 bits per heavy atom. The minimum absolute atomic E-state index is 0.00626. The summed E-state index contributed by atoms with van der Waals surface area (Å²) in [6.45, 7) is 11.8. The first kappa shape index (κ1) is 40.2. The van der Waals surface area contributed by atoms with Crippen molar-refractivity contribution in [1.82, 2.24) is 5.32 Å². The summed E-state index contributed by atoms with van der Waals surface area (Å²) in [6, 6.07) is 38.5. The molecule has 0 fully saturated rings. The molecular formula is C55H46N6S. The van der Waals surface area contributed by atoms with Crippen LogP contribution in [0.4, 0.5) is 0 Å². The van der Waals surface area contributed by atoms with Crippen LogP contribution >= 0.6 is 11.8 Å². The fraction of sp³-hybridized carbons (Fsp3) is 0.109. The van der Waals surface area contributed by atoms with Gasteiger partial charge in [-0.2, -0.15) is 0 Å². The van der Waals surface area contributed by atoms with E-state index in [1.54, 1.807) is 24.7 Å². The summed E-state index contributed by atoms with van der Waals surface area (Å²) in [5.41, 5.74) is 11.2. The minimum Gasteiger partial charge on any atom is -0.324 e. The molecule has 0 saturated carbocycles. The van der Waals surface area contributed by atoms with Gasteiger partial charge in [-0.25, -0.2) is 9.98 Å². The van der Waals surface area contributed by atoms with Gasteiger partial charge in [0.25, 0.3) is 0 Å². The first-order valence-electron chi connectivity index (χ1n) is 20.8. The molecule has 0 bridgehead atoms. The van der Waals surface area contributed by atoms with Crippen LogP contribution in [0.1, 0.15) is 34.8 Å². The average molecular weight is 823 g/mol. The van der Waals surface area contributed by atoms with Crippen molar-refractivity contribution in [3.05, 3.63) is 252 Å². The van der Waals surface area contributed by atoms with Crippen LogP contribution in [0.15, 0.2) is 255 Å². The highest BCUT2D eigenvalue weighted by Crippen LogP contribution is 2.57. The highest BCUT2D eigenvalue weighted by molar-refractivity contribution is 8.02. The third kappa shape index (κ3) is 8.03. The van der Waals surface area contributed by atoms with E-state index < -0.39 is 11.6 Å². The monoisotopic (exact) mass is 822 g/mol. The molecule has 62 heavy (non-hydrogen) atoms. The van der Waals surface area contributed by atoms with E-state index >= 15 is 0 Å². The van der Waals surface area contributed by atoms with Crippen molar-refractivity contribution in [2.75, 3.05) is 0 Å². The number of thioether (sulfide) groups is 1. The van der Waals surface area contributed by atoms with Gasteiger partial charge in [-0.1, -0.05) is 184 Å². The Morgan fingerprint density at radius 1 is 0.806 bits per heavy atom. The van der Waals surface area contributed by atoms with Crippen LogP contribution in [0.25, 0.3) is 11.1 Å². The van der Waals surface area contributed by atoms with Gasteiger partial charge in [0.1, 0.15) is 11.7 Å². The molecule has 5 aliphatic rings. The molecule has 3 aliphatic heterocycles. The Morgan fingerprint density at radius 3 is 2.26 bits per heavy atom. The summed E-state index contributed by atoms with van der Waals surface area (Å²) in [5.74, 6) is 1.59. The molecule has 302 valence electrons. The van der Waals surface area contributed by atoms with Crippen LogP contribution in [0.2, 0.25) is 0 Å². The smallest absolute Gasteiger partial charge is 0.169 e. The normalized spacial score (nSPS) is 24.3. The van der Waals surface area contributed by atoms with Crippen LogP contribution in [-0.4, -0.2) is 35.1 Å². The molecule has 6 nitrogen and oxygen atoms in total. The molecule has 4 aromatic carbocycles. The third-order valence-electron chi connectivity index (χ3n) is 11.7. The maximum absolute atomic E-state index is 5.31. The zero-order chi connectivity index (χ0) is 42.3. The molecule has 7 heteroatoms. The Bertz CT molecular complexity index is 2740. The molecule has 3 heterocycles. The van der Waals surface area contributed by atoms with E-state index in [0.29, 0.717) is 6.42 Å². The van der Waals surface area contributed by atoms with Crippen molar-refractivity contribution in [2.24, 2.45) is 36.8 Å². The largest absolute Gasteiger partial charge is 0.324 e. The molecule has 0 aromatic heterocycles. The number of hydrogen-bond donors (Lipinski definition) is 1. The van der Waals surface area contributed by atoms with Crippen molar-refractivity contribution in [3.63, 3.8) is 0 Å². The lowest BCUT2D eigenvalue weighted by molar-refractivity contribution is 0.480. The summed E-state index contributed by atoms with van der Waals surface area (Å²) in [5, 5.41) is 6.03. The fourth-order valence-corrected chi connectivity index (χ4v) is 9.88. The van der Waals surface area contributed by atoms with Gasteiger partial charge >= 0.3 is 0 Å². The molecular weight excluding hydrogens is 777 g/mol. The Balaban J connectivity index is 1.18. The summed E-state index contributed by atoms with van der Waals surface area (Å²) in [4.78, 5) is 24.0. The van der Waals surface area contributed by atoms with Crippen molar-refractivity contribution in [1.29, 1.82) is 0 Å². The molecule has 4 aromatic rings. The quantitative estimate of drug-likeness (QED) is 0.162. The average Bonchev–Trinajstić information content (AvgIpc) is 3.62. The van der Waals surface area contributed by atoms with Crippen molar-refractivity contribution in [2.45, 2.75) is 23.3 Å². The standard InChI is InChI=1S/C55H46N6S/c1-4-31-57-32-29-44-34-43(36-50(58-44)38(3)37-56-5-2)39-21-16-33-62-51-27-26-42(54-60-52(40-17-8-6-9-18-40)59-53(61-54)41-19-10-7-11-20-41)35-49(51)55(30-28-39)47-24-14-12-22-45(47)46-23-13-15-25-48(46)55/h4-35,37,43,49,51-52H,1-3,36H2,(H,59,60,61)/b30-28+,32-29+,33-16+,39-21+,56-37?,57-31?. The van der Waals surface area contributed by atoms with Gasteiger partial charge in [0, 0.05) is 70.5 Å². The third-order valence-corrected chi connectivity index (χ3v) is 12.8. The van der Waals surface area contributed by atoms with Gasteiger partial charge in [-0.3, -0.25) is 15.0 Å². The predicted octanol–water partition coefficient (Wildman–Crippen LogP) is 12.2. The van der Waals surface area contributed by atoms with E-state index in [1.165, 1.54) is 28.5 Å². The molecule has 2 aliphatic carbocycles. The number of nitrogens with zero attached hydrogens (tertiary/aromatic N) is 5. The van der Waals surface area contributed by atoms with Gasteiger partial charge in [0.05, 0.1) is 11.4 Å². The number of allylic oxidation sites excluding steroid dienone is 10. The van der Waals surface area contributed by atoms with Crippen LogP contribution < -0.4 is 5.32 Å². The van der Waals surface area contributed by atoms with Gasteiger partial charge in [-0.05, 0) is 44.9 Å². The predicted molar refractivity (Wildman–Crippen MR) is 263 cm³/mol. The highest BCUT2D eigenvalue weighted by Gasteiger charge is 2.49. The van der Waals surface area contributed by atoms with E-state index in [2.05, 4.69) is 162 Å². The molecule has 4 atom stereocenters. The molecule has 1 N–H and O–H groups in total. The Hall–Kier alpha value is -7.22. The van der Waals surface area contributed by atoms with E-state index in [9.17, 15) is 0 Å². The molecule has 0 saturated heterocycles. The van der Waals surface area contributed by atoms with E-state index in [-0.39, 0.29) is 17.1 Å². The summed E-state index contributed by atoms with van der Waals surface area (Å²) in [6.07, 6.45) is 29.0. The van der Waals surface area contributed by atoms with Gasteiger partial charge < -0.3 is 5.32 Å². The van der Waals surface area contributed by atoms with Crippen molar-refractivity contribution in [3.8, 4) is 11.1 Å². The Labute approximate surface area is 368 Å². The first-order valence-corrected chi connectivity index (χ1v) is 21.8. The van der Waals surface area contributed by atoms with Crippen molar-refractivity contribution < 1.29 is 0 Å². The summed E-state index contributed by atoms with van der Waals surface area (Å²) in [7, 11) is 0. The topological polar surface area (TPSA) is 73.8 Å². The number of aliphatic imine (C=N–C) groups is 5. The van der Waals surface area contributed by atoms with Gasteiger partial charge in [-0.15, -0.1) is 11.8 Å². The van der Waals surface area contributed by atoms with Crippen molar-refractivity contribution >= 4 is 41.6 Å². The van der Waals surface area contributed by atoms with Gasteiger partial charge in [0.15, 0.2) is 6.17 Å². The molecule has 0 radical (unpaired) electrons. The second-order valence-corrected chi connectivity index (χ2v) is 16.5. The number of fused-ring (bicyclic) bond motifs is 7. The molecule has 4 unspecified atom stereocenters. The SMILES string of the molecule is C=CC=N/C=C/C1=CC(C2=C/C=C/SC3C=CC(C4=NC(c5ccccc5)N=C(c5ccccc5)N4)=CC3C3(\C=C\2)c2ccccc2-c2ccccc23)CC(C(=C)C=NC=C)=N1. The maximum Gasteiger partial charge on any atom is 0.169 e. The number of benzene rings is 4. The van der Waals surface area contributed by atoms with Crippen LogP contribution in [0, 0.1) is 11.8 Å². The number of amidine groups is 2. The van der Waals surface area contributed by atoms with E-state index in [0.717, 1.165) is 50.9 Å².